The van der Waals surface area contributed by atoms with Gasteiger partial charge in [0.15, 0.2) is 0 Å². The Labute approximate surface area is 107 Å². The molecule has 1 heterocycles. The Morgan fingerprint density at radius 3 is 3.06 bits per heavy atom. The summed E-state index contributed by atoms with van der Waals surface area (Å²) < 4.78 is 5.07. The Bertz CT molecular complexity index is 419. The van der Waals surface area contributed by atoms with E-state index < -0.39 is 5.97 Å². The topological polar surface area (TPSA) is 58.6 Å². The van der Waals surface area contributed by atoms with Crippen molar-refractivity contribution in [2.45, 2.75) is 18.9 Å². The normalized spacial score (nSPS) is 23.2. The van der Waals surface area contributed by atoms with Crippen molar-refractivity contribution in [3.63, 3.8) is 0 Å². The molecule has 1 saturated heterocycles. The van der Waals surface area contributed by atoms with Gasteiger partial charge >= 0.3 is 5.97 Å². The van der Waals surface area contributed by atoms with Crippen LogP contribution in [0.25, 0.3) is 0 Å². The van der Waals surface area contributed by atoms with Crippen molar-refractivity contribution in [2.24, 2.45) is 5.92 Å². The molecule has 0 aliphatic carbocycles. The van der Waals surface area contributed by atoms with Crippen molar-refractivity contribution in [1.82, 2.24) is 5.32 Å². The molecule has 2 atom stereocenters. The fourth-order valence-corrected chi connectivity index (χ4v) is 2.36. The molecule has 4 heteroatoms. The summed E-state index contributed by atoms with van der Waals surface area (Å²) in [7, 11) is 1.69. The maximum atomic E-state index is 10.9. The zero-order valence-corrected chi connectivity index (χ0v) is 10.6. The van der Waals surface area contributed by atoms with Gasteiger partial charge in [0.05, 0.1) is 12.5 Å². The number of ether oxygens (including phenoxy) is 1. The van der Waals surface area contributed by atoms with Crippen molar-refractivity contribution in [2.75, 3.05) is 20.3 Å². The molecule has 0 aromatic heterocycles. The van der Waals surface area contributed by atoms with Crippen molar-refractivity contribution in [3.05, 3.63) is 35.4 Å². The summed E-state index contributed by atoms with van der Waals surface area (Å²) in [6.45, 7) is 1.27. The van der Waals surface area contributed by atoms with Crippen LogP contribution in [0.1, 0.15) is 23.6 Å². The minimum absolute atomic E-state index is 0.161. The number of aliphatic carboxylic acids is 1. The summed E-state index contributed by atoms with van der Waals surface area (Å²) in [5, 5.41) is 12.3. The molecule has 1 aliphatic heterocycles. The van der Waals surface area contributed by atoms with Gasteiger partial charge in [-0.05, 0) is 24.0 Å². The van der Waals surface area contributed by atoms with E-state index in [1.165, 1.54) is 11.1 Å². The Morgan fingerprint density at radius 2 is 2.39 bits per heavy atom. The van der Waals surface area contributed by atoms with Gasteiger partial charge in [-0.1, -0.05) is 24.3 Å². The molecule has 2 unspecified atom stereocenters. The van der Waals surface area contributed by atoms with E-state index in [4.69, 9.17) is 9.84 Å². The largest absolute Gasteiger partial charge is 0.481 e. The van der Waals surface area contributed by atoms with Gasteiger partial charge in [0.25, 0.3) is 0 Å². The number of methoxy groups -OCH3 is 1. The molecule has 2 rings (SSSR count). The maximum absolute atomic E-state index is 10.9. The molecule has 0 bridgehead atoms. The van der Waals surface area contributed by atoms with Crippen LogP contribution in [0.15, 0.2) is 24.3 Å². The van der Waals surface area contributed by atoms with Crippen LogP contribution >= 0.6 is 0 Å². The standard InChI is InChI=1S/C14H19NO3/c1-18-6-5-10-3-2-4-11(7-10)13-8-12(9-15-13)14(16)17/h2-4,7,12-13,15H,5-6,8-9H2,1H3,(H,16,17). The third-order valence-electron chi connectivity index (χ3n) is 3.43. The first-order chi connectivity index (χ1) is 8.70. The van der Waals surface area contributed by atoms with Gasteiger partial charge in [0, 0.05) is 19.7 Å². The van der Waals surface area contributed by atoms with E-state index in [2.05, 4.69) is 23.5 Å². The van der Waals surface area contributed by atoms with E-state index in [9.17, 15) is 4.79 Å². The van der Waals surface area contributed by atoms with Crippen LogP contribution in [0.5, 0.6) is 0 Å². The van der Waals surface area contributed by atoms with Crippen LogP contribution in [0, 0.1) is 5.92 Å². The molecule has 0 amide bonds. The molecule has 1 aromatic rings. The number of carbonyl (C=O) groups is 1. The highest BCUT2D eigenvalue weighted by Gasteiger charge is 2.29. The van der Waals surface area contributed by atoms with E-state index in [1.54, 1.807) is 7.11 Å². The van der Waals surface area contributed by atoms with E-state index in [0.29, 0.717) is 19.6 Å². The van der Waals surface area contributed by atoms with Crippen molar-refractivity contribution >= 4 is 5.97 Å². The van der Waals surface area contributed by atoms with Crippen LogP contribution in [0.3, 0.4) is 0 Å². The van der Waals surface area contributed by atoms with Crippen LogP contribution in [0.4, 0.5) is 0 Å². The van der Waals surface area contributed by atoms with E-state index in [0.717, 1.165) is 6.42 Å². The zero-order valence-electron chi connectivity index (χ0n) is 10.6. The van der Waals surface area contributed by atoms with Gasteiger partial charge in [-0.25, -0.2) is 0 Å². The lowest BCUT2D eigenvalue weighted by molar-refractivity contribution is -0.141. The number of carboxylic acids is 1. The number of benzene rings is 1. The summed E-state index contributed by atoms with van der Waals surface area (Å²) >= 11 is 0. The Balaban J connectivity index is 2.03. The predicted octanol–water partition coefficient (Wildman–Crippen LogP) is 1.61. The molecule has 0 spiro atoms. The summed E-state index contributed by atoms with van der Waals surface area (Å²) in [5.74, 6) is -0.974. The van der Waals surface area contributed by atoms with Gasteiger partial charge in [-0.15, -0.1) is 0 Å². The molecule has 2 N–H and O–H groups in total. The van der Waals surface area contributed by atoms with Crippen LogP contribution < -0.4 is 5.32 Å². The first-order valence-corrected chi connectivity index (χ1v) is 6.24. The number of hydrogen-bond acceptors (Lipinski definition) is 3. The molecular weight excluding hydrogens is 230 g/mol. The Hall–Kier alpha value is -1.39. The van der Waals surface area contributed by atoms with Gasteiger partial charge in [0.2, 0.25) is 0 Å². The van der Waals surface area contributed by atoms with Gasteiger partial charge < -0.3 is 15.2 Å². The van der Waals surface area contributed by atoms with Gasteiger partial charge in [0.1, 0.15) is 0 Å². The van der Waals surface area contributed by atoms with Crippen LogP contribution in [-0.2, 0) is 16.0 Å². The lowest BCUT2D eigenvalue weighted by atomic mass is 9.98. The lowest BCUT2D eigenvalue weighted by Gasteiger charge is -2.12. The molecule has 1 aliphatic rings. The smallest absolute Gasteiger partial charge is 0.307 e. The minimum atomic E-state index is -0.708. The molecule has 1 aromatic carbocycles. The van der Waals surface area contributed by atoms with Gasteiger partial charge in [-0.3, -0.25) is 4.79 Å². The number of hydrogen-bond donors (Lipinski definition) is 2. The molecule has 98 valence electrons. The molecular formula is C14H19NO3. The summed E-state index contributed by atoms with van der Waals surface area (Å²) in [5.41, 5.74) is 2.40. The third kappa shape index (κ3) is 3.09. The molecule has 18 heavy (non-hydrogen) atoms. The Kier molecular flexibility index (Phi) is 4.33. The zero-order chi connectivity index (χ0) is 13.0. The van der Waals surface area contributed by atoms with Crippen molar-refractivity contribution < 1.29 is 14.6 Å². The fourth-order valence-electron chi connectivity index (χ4n) is 2.36. The molecule has 1 fully saturated rings. The Morgan fingerprint density at radius 1 is 1.56 bits per heavy atom. The average molecular weight is 249 g/mol. The molecule has 0 radical (unpaired) electrons. The van der Waals surface area contributed by atoms with Gasteiger partial charge in [-0.2, -0.15) is 0 Å². The second-order valence-electron chi connectivity index (χ2n) is 4.72. The monoisotopic (exact) mass is 249 g/mol. The third-order valence-corrected chi connectivity index (χ3v) is 3.43. The van der Waals surface area contributed by atoms with Crippen LogP contribution in [0.2, 0.25) is 0 Å². The lowest BCUT2D eigenvalue weighted by Crippen LogP contribution is -2.17. The highest BCUT2D eigenvalue weighted by atomic mass is 16.5. The highest BCUT2D eigenvalue weighted by molar-refractivity contribution is 5.70. The summed E-state index contributed by atoms with van der Waals surface area (Å²) in [6, 6.07) is 8.45. The van der Waals surface area contributed by atoms with E-state index in [1.807, 2.05) is 6.07 Å². The second kappa shape index (κ2) is 5.98. The molecule has 4 nitrogen and oxygen atoms in total. The summed E-state index contributed by atoms with van der Waals surface area (Å²) in [4.78, 5) is 10.9. The summed E-state index contributed by atoms with van der Waals surface area (Å²) in [6.07, 6.45) is 1.56. The molecule has 0 saturated carbocycles. The quantitative estimate of drug-likeness (QED) is 0.832. The first kappa shape index (κ1) is 13.1. The highest BCUT2D eigenvalue weighted by Crippen LogP contribution is 2.27. The second-order valence-corrected chi connectivity index (χ2v) is 4.72. The van der Waals surface area contributed by atoms with Crippen LogP contribution in [-0.4, -0.2) is 31.3 Å². The minimum Gasteiger partial charge on any atom is -0.481 e. The van der Waals surface area contributed by atoms with E-state index >= 15 is 0 Å². The number of carboxylic acid groups (broad SMARTS) is 1. The van der Waals surface area contributed by atoms with Crippen molar-refractivity contribution in [1.29, 1.82) is 0 Å². The number of rotatable bonds is 5. The number of nitrogens with one attached hydrogen (secondary N) is 1. The maximum Gasteiger partial charge on any atom is 0.307 e. The van der Waals surface area contributed by atoms with Crippen molar-refractivity contribution in [3.8, 4) is 0 Å². The SMILES string of the molecule is COCCc1cccc(C2CC(C(=O)O)CN2)c1. The first-order valence-electron chi connectivity index (χ1n) is 6.24. The van der Waals surface area contributed by atoms with E-state index in [-0.39, 0.29) is 12.0 Å². The predicted molar refractivity (Wildman–Crippen MR) is 68.5 cm³/mol. The average Bonchev–Trinajstić information content (AvgIpc) is 2.86. The fraction of sp³-hybridized carbons (Fsp3) is 0.500.